The number of carbonyl (C=O) groups is 1. The van der Waals surface area contributed by atoms with Crippen molar-refractivity contribution >= 4 is 11.9 Å². The summed E-state index contributed by atoms with van der Waals surface area (Å²) in [4.78, 5) is 15.2. The van der Waals surface area contributed by atoms with E-state index in [9.17, 15) is 9.18 Å². The molecular weight excluding hydrogens is 269 g/mol. The Balaban J connectivity index is 1.93. The first-order chi connectivity index (χ1) is 10.2. The van der Waals surface area contributed by atoms with Crippen LogP contribution in [0.4, 0.5) is 4.39 Å². The van der Waals surface area contributed by atoms with Gasteiger partial charge in [-0.1, -0.05) is 0 Å². The van der Waals surface area contributed by atoms with Gasteiger partial charge in [0.2, 0.25) is 0 Å². The molecule has 1 aliphatic carbocycles. The number of hydrogen-bond donors (Lipinski definition) is 0. The largest absolute Gasteiger partial charge is 0.296 e. The molecule has 21 heavy (non-hydrogen) atoms. The Morgan fingerprint density at radius 2 is 2.00 bits per heavy atom. The van der Waals surface area contributed by atoms with Crippen molar-refractivity contribution in [3.63, 3.8) is 0 Å². The molecule has 1 saturated carbocycles. The van der Waals surface area contributed by atoms with Crippen LogP contribution in [0.3, 0.4) is 0 Å². The van der Waals surface area contributed by atoms with Crippen molar-refractivity contribution < 1.29 is 9.18 Å². The van der Waals surface area contributed by atoms with Crippen LogP contribution in [0.25, 0.3) is 16.9 Å². The summed E-state index contributed by atoms with van der Waals surface area (Å²) >= 11 is 0. The lowest BCUT2D eigenvalue weighted by atomic mass is 10.1. The summed E-state index contributed by atoms with van der Waals surface area (Å²) in [5.74, 6) is 0.213. The summed E-state index contributed by atoms with van der Waals surface area (Å²) in [5.41, 5.74) is 3.84. The fraction of sp³-hybridized carbons (Fsp3) is 0.188. The van der Waals surface area contributed by atoms with E-state index < -0.39 is 0 Å². The molecule has 4 rings (SSSR count). The second-order valence-corrected chi connectivity index (χ2v) is 5.32. The summed E-state index contributed by atoms with van der Waals surface area (Å²) in [6.45, 7) is 0. The van der Waals surface area contributed by atoms with Crippen molar-refractivity contribution in [2.45, 2.75) is 18.8 Å². The van der Waals surface area contributed by atoms with Gasteiger partial charge in [0.15, 0.2) is 11.9 Å². The Morgan fingerprint density at radius 1 is 1.24 bits per heavy atom. The van der Waals surface area contributed by atoms with Crippen LogP contribution in [0.1, 0.15) is 34.8 Å². The molecule has 0 spiro atoms. The summed E-state index contributed by atoms with van der Waals surface area (Å²) in [6, 6.07) is 8.25. The lowest BCUT2D eigenvalue weighted by Gasteiger charge is -2.06. The van der Waals surface area contributed by atoms with Gasteiger partial charge in [0.25, 0.3) is 0 Å². The van der Waals surface area contributed by atoms with Crippen molar-refractivity contribution in [1.82, 2.24) is 14.6 Å². The molecule has 3 aromatic rings. The van der Waals surface area contributed by atoms with E-state index in [4.69, 9.17) is 0 Å². The predicted octanol–water partition coefficient (Wildman–Crippen LogP) is 3.23. The van der Waals surface area contributed by atoms with Gasteiger partial charge in [-0.25, -0.2) is 13.9 Å². The maximum atomic E-state index is 13.0. The number of nitrogens with zero attached hydrogens (tertiary/aromatic N) is 3. The maximum absolute atomic E-state index is 13.0. The van der Waals surface area contributed by atoms with Gasteiger partial charge in [-0.15, -0.1) is 0 Å². The molecule has 0 radical (unpaired) electrons. The minimum Gasteiger partial charge on any atom is -0.296 e. The molecule has 0 amide bonds. The third kappa shape index (κ3) is 2.11. The quantitative estimate of drug-likeness (QED) is 0.692. The number of aldehydes is 1. The van der Waals surface area contributed by atoms with Crippen molar-refractivity contribution in [3.05, 3.63) is 53.6 Å². The highest BCUT2D eigenvalue weighted by atomic mass is 19.1. The highest BCUT2D eigenvalue weighted by Crippen LogP contribution is 2.42. The monoisotopic (exact) mass is 281 g/mol. The molecule has 0 aliphatic heterocycles. The average Bonchev–Trinajstić information content (AvgIpc) is 3.25. The van der Waals surface area contributed by atoms with Gasteiger partial charge in [-0.05, 0) is 49.1 Å². The Bertz CT molecular complexity index is 835. The topological polar surface area (TPSA) is 47.3 Å². The van der Waals surface area contributed by atoms with E-state index in [1.807, 2.05) is 6.07 Å². The van der Waals surface area contributed by atoms with E-state index in [1.165, 1.54) is 12.1 Å². The van der Waals surface area contributed by atoms with Crippen LogP contribution < -0.4 is 0 Å². The minimum atomic E-state index is -0.270. The molecule has 2 aromatic heterocycles. The first-order valence-corrected chi connectivity index (χ1v) is 6.86. The number of hydrogen-bond acceptors (Lipinski definition) is 3. The molecule has 4 nitrogen and oxygen atoms in total. The molecule has 1 aliphatic rings. The molecule has 0 unspecified atom stereocenters. The number of carbonyl (C=O) groups excluding carboxylic acids is 1. The number of aromatic nitrogens is 3. The van der Waals surface area contributed by atoms with Gasteiger partial charge >= 0.3 is 0 Å². The Kier molecular flexibility index (Phi) is 2.60. The first-order valence-electron chi connectivity index (χ1n) is 6.86. The number of halogens is 1. The van der Waals surface area contributed by atoms with Crippen LogP contribution in [0.2, 0.25) is 0 Å². The first kappa shape index (κ1) is 12.2. The van der Waals surface area contributed by atoms with E-state index in [0.717, 1.165) is 41.6 Å². The van der Waals surface area contributed by atoms with E-state index >= 15 is 0 Å². The lowest BCUT2D eigenvalue weighted by Crippen LogP contribution is -1.98. The molecule has 0 bridgehead atoms. The third-order valence-electron chi connectivity index (χ3n) is 3.75. The van der Waals surface area contributed by atoms with Gasteiger partial charge in [0, 0.05) is 11.1 Å². The zero-order valence-corrected chi connectivity index (χ0v) is 11.2. The molecule has 0 saturated heterocycles. The van der Waals surface area contributed by atoms with Gasteiger partial charge in [0.1, 0.15) is 11.5 Å². The van der Waals surface area contributed by atoms with Crippen LogP contribution in [-0.4, -0.2) is 20.9 Å². The van der Waals surface area contributed by atoms with E-state index in [0.29, 0.717) is 11.6 Å². The molecule has 0 atom stereocenters. The summed E-state index contributed by atoms with van der Waals surface area (Å²) in [7, 11) is 0. The van der Waals surface area contributed by atoms with Crippen molar-refractivity contribution in [2.24, 2.45) is 0 Å². The van der Waals surface area contributed by atoms with Gasteiger partial charge in [0.05, 0.1) is 11.9 Å². The fourth-order valence-corrected chi connectivity index (χ4v) is 2.53. The fourth-order valence-electron chi connectivity index (χ4n) is 2.53. The van der Waals surface area contributed by atoms with Crippen LogP contribution in [0.15, 0.2) is 36.5 Å². The summed E-state index contributed by atoms with van der Waals surface area (Å²) in [5, 5.41) is 4.49. The van der Waals surface area contributed by atoms with Gasteiger partial charge in [-0.2, -0.15) is 5.10 Å². The summed E-state index contributed by atoms with van der Waals surface area (Å²) in [6.07, 6.45) is 4.61. The Hall–Kier alpha value is -2.56. The Morgan fingerprint density at radius 3 is 2.67 bits per heavy atom. The molecule has 104 valence electrons. The number of rotatable bonds is 3. The van der Waals surface area contributed by atoms with Crippen LogP contribution in [0.5, 0.6) is 0 Å². The normalized spacial score (nSPS) is 14.5. The second kappa shape index (κ2) is 4.48. The number of benzene rings is 1. The SMILES string of the molecule is O=Cc1cn2nc(-c3ccc(F)cc3)cc(C3CC3)c2n1. The zero-order chi connectivity index (χ0) is 14.4. The van der Waals surface area contributed by atoms with Crippen LogP contribution in [-0.2, 0) is 0 Å². The molecule has 1 aromatic carbocycles. The Labute approximate surface area is 120 Å². The third-order valence-corrected chi connectivity index (χ3v) is 3.75. The highest BCUT2D eigenvalue weighted by Gasteiger charge is 2.27. The zero-order valence-electron chi connectivity index (χ0n) is 11.2. The minimum absolute atomic E-state index is 0.270. The molecule has 1 fully saturated rings. The van der Waals surface area contributed by atoms with Crippen LogP contribution in [0, 0.1) is 5.82 Å². The average molecular weight is 281 g/mol. The van der Waals surface area contributed by atoms with Gasteiger partial charge in [-0.3, -0.25) is 4.79 Å². The maximum Gasteiger partial charge on any atom is 0.170 e. The highest BCUT2D eigenvalue weighted by molar-refractivity contribution is 5.74. The smallest absolute Gasteiger partial charge is 0.170 e. The van der Waals surface area contributed by atoms with E-state index in [2.05, 4.69) is 10.1 Å². The standard InChI is InChI=1S/C16H12FN3O/c17-12-5-3-11(4-6-12)15-7-14(10-1-2-10)16-18-13(9-21)8-20(16)19-15/h3-10H,1-2H2. The van der Waals surface area contributed by atoms with Gasteiger partial charge < -0.3 is 0 Å². The molecular formula is C16H12FN3O. The van der Waals surface area contributed by atoms with E-state index in [-0.39, 0.29) is 5.82 Å². The van der Waals surface area contributed by atoms with Crippen molar-refractivity contribution in [2.75, 3.05) is 0 Å². The predicted molar refractivity (Wildman–Crippen MR) is 75.7 cm³/mol. The van der Waals surface area contributed by atoms with Crippen molar-refractivity contribution in [3.8, 4) is 11.3 Å². The van der Waals surface area contributed by atoms with Crippen LogP contribution >= 0.6 is 0 Å². The molecule has 0 N–H and O–H groups in total. The lowest BCUT2D eigenvalue weighted by molar-refractivity contribution is 0.111. The number of fused-ring (bicyclic) bond motifs is 1. The number of imidazole rings is 1. The second-order valence-electron chi connectivity index (χ2n) is 5.32. The van der Waals surface area contributed by atoms with E-state index in [1.54, 1.807) is 22.8 Å². The summed E-state index contributed by atoms with van der Waals surface area (Å²) < 4.78 is 14.7. The van der Waals surface area contributed by atoms with Crippen molar-refractivity contribution in [1.29, 1.82) is 0 Å². The molecule has 5 heteroatoms. The molecule has 2 heterocycles.